The lowest BCUT2D eigenvalue weighted by atomic mass is 10.1. The summed E-state index contributed by atoms with van der Waals surface area (Å²) in [6.07, 6.45) is 0.593. The van der Waals surface area contributed by atoms with Crippen LogP contribution in [0.1, 0.15) is 21.5 Å². The van der Waals surface area contributed by atoms with E-state index >= 15 is 0 Å². The van der Waals surface area contributed by atoms with Gasteiger partial charge in [0.2, 0.25) is 21.8 Å². The van der Waals surface area contributed by atoms with Gasteiger partial charge in [-0.3, -0.25) is 14.5 Å². The average molecular weight is 445 g/mol. The molecule has 1 aliphatic heterocycles. The summed E-state index contributed by atoms with van der Waals surface area (Å²) in [4.78, 5) is 25.7. The molecule has 166 valence electrons. The molecule has 1 heterocycles. The smallest absolute Gasteiger partial charge is 0.248 e. The van der Waals surface area contributed by atoms with Crippen LogP contribution in [-0.2, 0) is 21.2 Å². The first kappa shape index (κ1) is 22.9. The van der Waals surface area contributed by atoms with Crippen LogP contribution >= 0.6 is 0 Å². The zero-order valence-electron chi connectivity index (χ0n) is 17.6. The first-order valence-electron chi connectivity index (χ1n) is 10.2. The zero-order valence-corrected chi connectivity index (χ0v) is 18.4. The fourth-order valence-electron chi connectivity index (χ4n) is 3.47. The van der Waals surface area contributed by atoms with Crippen molar-refractivity contribution in [3.63, 3.8) is 0 Å². The molecule has 1 fully saturated rings. The molecule has 31 heavy (non-hydrogen) atoms. The number of rotatable bonds is 8. The molecule has 2 aromatic carbocycles. The molecule has 8 nitrogen and oxygen atoms in total. The fraction of sp³-hybridized carbons (Fsp3) is 0.364. The van der Waals surface area contributed by atoms with E-state index in [4.69, 9.17) is 5.73 Å². The van der Waals surface area contributed by atoms with Crippen LogP contribution in [-0.4, -0.2) is 68.7 Å². The maximum absolute atomic E-state index is 12.8. The molecule has 0 unspecified atom stereocenters. The van der Waals surface area contributed by atoms with E-state index in [0.717, 1.165) is 11.1 Å². The molecule has 1 aliphatic rings. The van der Waals surface area contributed by atoms with Gasteiger partial charge in [-0.1, -0.05) is 29.8 Å². The van der Waals surface area contributed by atoms with E-state index in [1.165, 1.54) is 4.31 Å². The molecule has 9 heteroatoms. The van der Waals surface area contributed by atoms with Gasteiger partial charge in [0.1, 0.15) is 0 Å². The quantitative estimate of drug-likeness (QED) is 0.624. The number of hydrogen-bond donors (Lipinski definition) is 2. The summed E-state index contributed by atoms with van der Waals surface area (Å²) in [6, 6.07) is 13.9. The Morgan fingerprint density at radius 1 is 1.03 bits per heavy atom. The van der Waals surface area contributed by atoms with Gasteiger partial charge < -0.3 is 11.1 Å². The highest BCUT2D eigenvalue weighted by Gasteiger charge is 2.28. The number of benzene rings is 2. The Labute approximate surface area is 183 Å². The van der Waals surface area contributed by atoms with Gasteiger partial charge in [-0.05, 0) is 43.2 Å². The molecule has 0 aliphatic carbocycles. The summed E-state index contributed by atoms with van der Waals surface area (Å²) < 4.78 is 27.0. The van der Waals surface area contributed by atoms with Crippen LogP contribution < -0.4 is 11.1 Å². The van der Waals surface area contributed by atoms with Crippen molar-refractivity contribution >= 4 is 21.8 Å². The average Bonchev–Trinajstić information content (AvgIpc) is 2.74. The Kier molecular flexibility index (Phi) is 7.42. The topological polar surface area (TPSA) is 113 Å². The van der Waals surface area contributed by atoms with Gasteiger partial charge in [-0.2, -0.15) is 4.31 Å². The fourth-order valence-corrected chi connectivity index (χ4v) is 4.89. The maximum Gasteiger partial charge on any atom is 0.248 e. The molecule has 0 bridgehead atoms. The number of hydrogen-bond acceptors (Lipinski definition) is 5. The number of carbonyl (C=O) groups excluding carboxylic acids is 2. The standard InChI is InChI=1S/C22H28N4O4S/c1-17-5-7-20(8-6-17)31(29,30)26-13-11-25(12-14-26)16-21(27)24-10-9-18-3-2-4-19(15-18)22(23)28/h2-8,15H,9-14,16H2,1H3,(H2,23,28)(H,24,27). The Balaban J connectivity index is 1.43. The van der Waals surface area contributed by atoms with E-state index in [9.17, 15) is 18.0 Å². The number of carbonyl (C=O) groups is 2. The minimum absolute atomic E-state index is 0.110. The predicted octanol–water partition coefficient (Wildman–Crippen LogP) is 0.759. The molecule has 2 aromatic rings. The molecule has 1 saturated heterocycles. The van der Waals surface area contributed by atoms with Gasteiger partial charge in [0.15, 0.2) is 0 Å². The summed E-state index contributed by atoms with van der Waals surface area (Å²) in [7, 11) is -3.51. The highest BCUT2D eigenvalue weighted by atomic mass is 32.2. The minimum atomic E-state index is -3.51. The lowest BCUT2D eigenvalue weighted by molar-refractivity contribution is -0.122. The third kappa shape index (κ3) is 6.13. The van der Waals surface area contributed by atoms with Gasteiger partial charge in [-0.25, -0.2) is 8.42 Å². The summed E-state index contributed by atoms with van der Waals surface area (Å²) in [5, 5.41) is 2.87. The number of nitrogens with zero attached hydrogens (tertiary/aromatic N) is 2. The molecule has 0 aromatic heterocycles. The third-order valence-corrected chi connectivity index (χ3v) is 7.22. The normalized spacial score (nSPS) is 15.5. The monoisotopic (exact) mass is 444 g/mol. The Morgan fingerprint density at radius 2 is 1.71 bits per heavy atom. The van der Waals surface area contributed by atoms with Crippen LogP contribution in [0.5, 0.6) is 0 Å². The first-order valence-corrected chi connectivity index (χ1v) is 11.6. The molecule has 3 N–H and O–H groups in total. The van der Waals surface area contributed by atoms with Gasteiger partial charge >= 0.3 is 0 Å². The highest BCUT2D eigenvalue weighted by molar-refractivity contribution is 7.89. The van der Waals surface area contributed by atoms with Crippen molar-refractivity contribution in [2.24, 2.45) is 5.73 Å². The molecule has 0 saturated carbocycles. The largest absolute Gasteiger partial charge is 0.366 e. The van der Waals surface area contributed by atoms with E-state index in [1.807, 2.05) is 17.9 Å². The number of nitrogens with one attached hydrogen (secondary N) is 1. The summed E-state index contributed by atoms with van der Waals surface area (Å²) in [5.74, 6) is -0.588. The number of aryl methyl sites for hydroxylation is 1. The van der Waals surface area contributed by atoms with E-state index in [2.05, 4.69) is 5.32 Å². The van der Waals surface area contributed by atoms with Gasteiger partial charge in [0.25, 0.3) is 0 Å². The van der Waals surface area contributed by atoms with Crippen LogP contribution in [0.15, 0.2) is 53.4 Å². The molecule has 0 spiro atoms. The molecule has 0 atom stereocenters. The number of piperazine rings is 1. The lowest BCUT2D eigenvalue weighted by Gasteiger charge is -2.33. The van der Waals surface area contributed by atoms with Crippen molar-refractivity contribution in [3.05, 3.63) is 65.2 Å². The van der Waals surface area contributed by atoms with Crippen LogP contribution in [0.3, 0.4) is 0 Å². The second-order valence-corrected chi connectivity index (χ2v) is 9.60. The molecular formula is C22H28N4O4S. The molecule has 3 rings (SSSR count). The van der Waals surface area contributed by atoms with Gasteiger partial charge in [-0.15, -0.1) is 0 Å². The van der Waals surface area contributed by atoms with Crippen LogP contribution in [0.25, 0.3) is 0 Å². The van der Waals surface area contributed by atoms with E-state index in [0.29, 0.717) is 49.6 Å². The van der Waals surface area contributed by atoms with Crippen molar-refractivity contribution in [2.75, 3.05) is 39.3 Å². The van der Waals surface area contributed by atoms with Crippen molar-refractivity contribution in [2.45, 2.75) is 18.2 Å². The van der Waals surface area contributed by atoms with E-state index < -0.39 is 15.9 Å². The van der Waals surface area contributed by atoms with E-state index in [1.54, 1.807) is 42.5 Å². The molecule has 2 amide bonds. The van der Waals surface area contributed by atoms with E-state index in [-0.39, 0.29) is 12.5 Å². The summed E-state index contributed by atoms with van der Waals surface area (Å²) in [6.45, 7) is 4.28. The van der Waals surface area contributed by atoms with Gasteiger partial charge in [0, 0.05) is 38.3 Å². The van der Waals surface area contributed by atoms with Crippen molar-refractivity contribution in [1.82, 2.24) is 14.5 Å². The lowest BCUT2D eigenvalue weighted by Crippen LogP contribution is -2.51. The Morgan fingerprint density at radius 3 is 2.35 bits per heavy atom. The van der Waals surface area contributed by atoms with Crippen molar-refractivity contribution < 1.29 is 18.0 Å². The highest BCUT2D eigenvalue weighted by Crippen LogP contribution is 2.18. The van der Waals surface area contributed by atoms with Gasteiger partial charge in [0.05, 0.1) is 11.4 Å². The number of primary amides is 1. The molecular weight excluding hydrogens is 416 g/mol. The third-order valence-electron chi connectivity index (χ3n) is 5.30. The predicted molar refractivity (Wildman–Crippen MR) is 118 cm³/mol. The molecule has 0 radical (unpaired) electrons. The van der Waals surface area contributed by atoms with Crippen molar-refractivity contribution in [3.8, 4) is 0 Å². The maximum atomic E-state index is 12.8. The SMILES string of the molecule is Cc1ccc(S(=O)(=O)N2CCN(CC(=O)NCCc3cccc(C(N)=O)c3)CC2)cc1. The number of amides is 2. The summed E-state index contributed by atoms with van der Waals surface area (Å²) >= 11 is 0. The van der Waals surface area contributed by atoms with Crippen LogP contribution in [0.2, 0.25) is 0 Å². The zero-order chi connectivity index (χ0) is 22.4. The Hall–Kier alpha value is -2.75. The summed E-state index contributed by atoms with van der Waals surface area (Å²) in [5.41, 5.74) is 7.66. The van der Waals surface area contributed by atoms with Crippen LogP contribution in [0, 0.1) is 6.92 Å². The minimum Gasteiger partial charge on any atom is -0.366 e. The Bertz CT molecular complexity index is 1030. The second-order valence-electron chi connectivity index (χ2n) is 7.66. The second kappa shape index (κ2) is 10.0. The van der Waals surface area contributed by atoms with Crippen LogP contribution in [0.4, 0.5) is 0 Å². The van der Waals surface area contributed by atoms with Crippen molar-refractivity contribution in [1.29, 1.82) is 0 Å². The number of sulfonamides is 1. The number of nitrogens with two attached hydrogens (primary N) is 1. The first-order chi connectivity index (χ1) is 14.8.